The number of hydrogen-bond donors (Lipinski definition) is 1. The van der Waals surface area contributed by atoms with Crippen LogP contribution < -0.4 is 10.5 Å². The zero-order chi connectivity index (χ0) is 25.6. The molecule has 0 bridgehead atoms. The Labute approximate surface area is 210 Å². The van der Waals surface area contributed by atoms with Crippen LogP contribution in [-0.4, -0.2) is 78.9 Å². The Morgan fingerprint density at radius 2 is 1.94 bits per heavy atom. The van der Waals surface area contributed by atoms with E-state index in [1.165, 1.54) is 0 Å². The minimum absolute atomic E-state index is 0.273. The summed E-state index contributed by atoms with van der Waals surface area (Å²) in [5, 5.41) is 0.989. The Morgan fingerprint density at radius 1 is 1.19 bits per heavy atom. The molecule has 4 heterocycles. The number of pyridine rings is 1. The molecule has 0 unspecified atom stereocenters. The van der Waals surface area contributed by atoms with E-state index >= 15 is 0 Å². The molecule has 0 spiro atoms. The summed E-state index contributed by atoms with van der Waals surface area (Å²) in [5.41, 5.74) is 7.48. The van der Waals surface area contributed by atoms with Crippen molar-refractivity contribution in [2.24, 2.45) is 9.98 Å². The number of nitrogen functional groups attached to an aromatic ring is 1. The average Bonchev–Trinajstić information content (AvgIpc) is 3.48. The smallest absolute Gasteiger partial charge is 0.164 e. The highest BCUT2D eigenvalue weighted by molar-refractivity contribution is 6.02. The molecule has 2 aliphatic rings. The van der Waals surface area contributed by atoms with Gasteiger partial charge in [0.1, 0.15) is 48.1 Å². The van der Waals surface area contributed by atoms with Crippen LogP contribution in [0, 0.1) is 0 Å². The van der Waals surface area contributed by atoms with E-state index < -0.39 is 12.0 Å². The van der Waals surface area contributed by atoms with Crippen molar-refractivity contribution in [1.29, 1.82) is 0 Å². The molecule has 2 aromatic heterocycles. The van der Waals surface area contributed by atoms with E-state index in [1.807, 2.05) is 73.9 Å². The number of hydrogen-bond acceptors (Lipinski definition) is 8. The molecule has 0 aliphatic carbocycles. The SMILES string of the molecule is C=Nc1c(/C(=N\C)N(C)C)ccn1[C@@H]1O[C@H](COc2ccc3ccc(N)nc3c2)[C@H]2OC(C)(C)O[C@H]21. The molecule has 10 nitrogen and oxygen atoms in total. The molecule has 10 heteroatoms. The first-order chi connectivity index (χ1) is 17.2. The van der Waals surface area contributed by atoms with E-state index in [0.29, 0.717) is 17.4 Å². The highest BCUT2D eigenvalue weighted by Crippen LogP contribution is 2.45. The predicted molar refractivity (Wildman–Crippen MR) is 139 cm³/mol. The van der Waals surface area contributed by atoms with Crippen molar-refractivity contribution in [3.63, 3.8) is 0 Å². The molecule has 190 valence electrons. The number of fused-ring (bicyclic) bond motifs is 2. The maximum atomic E-state index is 6.48. The van der Waals surface area contributed by atoms with Gasteiger partial charge in [0.25, 0.3) is 0 Å². The summed E-state index contributed by atoms with van der Waals surface area (Å²) in [6.07, 6.45) is 0.401. The summed E-state index contributed by atoms with van der Waals surface area (Å²) in [6.45, 7) is 7.88. The van der Waals surface area contributed by atoms with Gasteiger partial charge < -0.3 is 34.1 Å². The maximum absolute atomic E-state index is 6.48. The van der Waals surface area contributed by atoms with Gasteiger partial charge in [0.15, 0.2) is 12.0 Å². The van der Waals surface area contributed by atoms with Gasteiger partial charge in [-0.25, -0.2) is 9.98 Å². The fourth-order valence-electron chi connectivity index (χ4n) is 4.95. The molecule has 0 saturated carbocycles. The number of ether oxygens (including phenoxy) is 4. The van der Waals surface area contributed by atoms with E-state index in [-0.39, 0.29) is 24.9 Å². The number of rotatable bonds is 6. The molecule has 3 aromatic rings. The predicted octanol–water partition coefficient (Wildman–Crippen LogP) is 3.39. The monoisotopic (exact) mass is 492 g/mol. The molecule has 2 saturated heterocycles. The zero-order valence-corrected chi connectivity index (χ0v) is 21.2. The summed E-state index contributed by atoms with van der Waals surface area (Å²) < 4.78 is 27.1. The minimum Gasteiger partial charge on any atom is -0.491 e. The Balaban J connectivity index is 1.41. The second-order valence-corrected chi connectivity index (χ2v) is 9.59. The van der Waals surface area contributed by atoms with Crippen molar-refractivity contribution >= 4 is 35.1 Å². The van der Waals surface area contributed by atoms with E-state index in [2.05, 4.69) is 21.7 Å². The number of anilines is 1. The second-order valence-electron chi connectivity index (χ2n) is 9.59. The highest BCUT2D eigenvalue weighted by Gasteiger charge is 2.56. The highest BCUT2D eigenvalue weighted by atomic mass is 16.8. The van der Waals surface area contributed by atoms with Gasteiger partial charge in [-0.1, -0.05) is 0 Å². The standard InChI is InChI=1S/C26H32N6O4/c1-26(2)35-21-19(14-33-16-9-7-15-8-10-20(27)30-18(15)13-16)34-25(22(21)36-26)32-12-11-17(24(32)29-4)23(28-3)31(5)6/h7-13,19,21-22,25H,4,14H2,1-3,5-6H3,(H2,27,30)/b28-23+/t19-,21-,22-,25-/m1/s1. The van der Waals surface area contributed by atoms with Gasteiger partial charge in [0.05, 0.1) is 11.1 Å². The van der Waals surface area contributed by atoms with E-state index in [0.717, 1.165) is 22.3 Å². The average molecular weight is 493 g/mol. The second kappa shape index (κ2) is 9.20. The number of aliphatic imine (C=N–C) groups is 2. The van der Waals surface area contributed by atoms with Crippen LogP contribution in [-0.2, 0) is 14.2 Å². The minimum atomic E-state index is -0.753. The molecule has 0 amide bonds. The van der Waals surface area contributed by atoms with E-state index in [1.54, 1.807) is 13.1 Å². The lowest BCUT2D eigenvalue weighted by Crippen LogP contribution is -2.33. The van der Waals surface area contributed by atoms with Crippen LogP contribution in [0.5, 0.6) is 5.75 Å². The van der Waals surface area contributed by atoms with E-state index in [9.17, 15) is 0 Å². The maximum Gasteiger partial charge on any atom is 0.164 e. The molecule has 2 aliphatic heterocycles. The van der Waals surface area contributed by atoms with Crippen molar-refractivity contribution in [3.8, 4) is 5.75 Å². The van der Waals surface area contributed by atoms with Crippen LogP contribution in [0.1, 0.15) is 25.6 Å². The summed E-state index contributed by atoms with van der Waals surface area (Å²) in [5.74, 6) is 1.83. The lowest BCUT2D eigenvalue weighted by atomic mass is 10.1. The van der Waals surface area contributed by atoms with E-state index in [4.69, 9.17) is 24.7 Å². The quantitative estimate of drug-likeness (QED) is 0.415. The van der Waals surface area contributed by atoms with Gasteiger partial charge >= 0.3 is 0 Å². The Bertz CT molecular complexity index is 1320. The van der Waals surface area contributed by atoms with Crippen molar-refractivity contribution in [1.82, 2.24) is 14.5 Å². The van der Waals surface area contributed by atoms with Gasteiger partial charge in [-0.05, 0) is 50.9 Å². The number of nitrogens with zero attached hydrogens (tertiary/aromatic N) is 5. The van der Waals surface area contributed by atoms with Crippen molar-refractivity contribution < 1.29 is 18.9 Å². The van der Waals surface area contributed by atoms with Crippen molar-refractivity contribution in [3.05, 3.63) is 48.2 Å². The Kier molecular flexibility index (Phi) is 6.19. The normalized spacial score (nSPS) is 25.2. The third-order valence-electron chi connectivity index (χ3n) is 6.41. The molecule has 0 radical (unpaired) electrons. The molecule has 36 heavy (non-hydrogen) atoms. The molecule has 2 N–H and O–H groups in total. The van der Waals surface area contributed by atoms with Crippen molar-refractivity contribution in [2.75, 3.05) is 33.5 Å². The molecule has 1 aromatic carbocycles. The van der Waals surface area contributed by atoms with Crippen LogP contribution in [0.2, 0.25) is 0 Å². The van der Waals surface area contributed by atoms with Gasteiger partial charge in [0.2, 0.25) is 0 Å². The van der Waals surface area contributed by atoms with Crippen molar-refractivity contribution in [2.45, 2.75) is 44.2 Å². The molecule has 2 fully saturated rings. The Morgan fingerprint density at radius 3 is 2.67 bits per heavy atom. The first kappa shape index (κ1) is 24.2. The third-order valence-corrected chi connectivity index (χ3v) is 6.41. The first-order valence-corrected chi connectivity index (χ1v) is 11.8. The summed E-state index contributed by atoms with van der Waals surface area (Å²) in [6, 6.07) is 11.4. The summed E-state index contributed by atoms with van der Waals surface area (Å²) in [4.78, 5) is 15.0. The largest absolute Gasteiger partial charge is 0.491 e. The number of benzene rings is 1. The molecular weight excluding hydrogens is 460 g/mol. The Hall–Kier alpha value is -3.47. The number of nitrogens with two attached hydrogens (primary N) is 1. The molecule has 5 rings (SSSR count). The van der Waals surface area contributed by atoms with Gasteiger partial charge in [-0.3, -0.25) is 4.99 Å². The fraction of sp³-hybridized carbons (Fsp3) is 0.423. The summed E-state index contributed by atoms with van der Waals surface area (Å²) in [7, 11) is 5.63. The number of amidine groups is 1. The fourth-order valence-corrected chi connectivity index (χ4v) is 4.95. The van der Waals surface area contributed by atoms with Gasteiger partial charge in [-0.15, -0.1) is 0 Å². The summed E-state index contributed by atoms with van der Waals surface area (Å²) >= 11 is 0. The topological polar surface area (TPSA) is 109 Å². The van der Waals surface area contributed by atoms with Crippen LogP contribution >= 0.6 is 0 Å². The van der Waals surface area contributed by atoms with Crippen LogP contribution in [0.25, 0.3) is 10.9 Å². The zero-order valence-electron chi connectivity index (χ0n) is 21.2. The lowest BCUT2D eigenvalue weighted by Gasteiger charge is -2.25. The van der Waals surface area contributed by atoms with Gasteiger partial charge in [-0.2, -0.15) is 0 Å². The van der Waals surface area contributed by atoms with Crippen LogP contribution in [0.15, 0.2) is 52.6 Å². The molecule has 4 atom stereocenters. The number of aromatic nitrogens is 2. The van der Waals surface area contributed by atoms with Crippen LogP contribution in [0.3, 0.4) is 0 Å². The van der Waals surface area contributed by atoms with Crippen LogP contribution in [0.4, 0.5) is 11.6 Å². The lowest BCUT2D eigenvalue weighted by molar-refractivity contribution is -0.199. The molecular formula is C26H32N6O4. The van der Waals surface area contributed by atoms with Gasteiger partial charge in [0, 0.05) is 38.8 Å². The first-order valence-electron chi connectivity index (χ1n) is 11.8. The third kappa shape index (κ3) is 4.32.